The molecule has 0 aliphatic rings. The van der Waals surface area contributed by atoms with Gasteiger partial charge in [-0.05, 0) is 43.9 Å². The summed E-state index contributed by atoms with van der Waals surface area (Å²) in [4.78, 5) is 11.3. The number of phenolic OH excluding ortho intramolecular Hbond substituents is 2. The van der Waals surface area contributed by atoms with Gasteiger partial charge in [0.25, 0.3) is 0 Å². The molecule has 5 heteroatoms. The molecule has 1 aromatic rings. The normalized spacial score (nSPS) is 13.3. The number of unbranched alkanes of at least 4 members (excludes halogenated alkanes) is 6. The van der Waals surface area contributed by atoms with Crippen LogP contribution in [-0.4, -0.2) is 33.5 Å². The van der Waals surface area contributed by atoms with Crippen LogP contribution in [0.4, 0.5) is 0 Å². The van der Waals surface area contributed by atoms with Crippen LogP contribution in [0.2, 0.25) is 0 Å². The fourth-order valence-electron chi connectivity index (χ4n) is 3.17. The average Bonchev–Trinajstić information content (AvgIpc) is 2.51. The monoisotopic (exact) mass is 366 g/mol. The van der Waals surface area contributed by atoms with Gasteiger partial charge in [-0.2, -0.15) is 0 Å². The van der Waals surface area contributed by atoms with Crippen LogP contribution in [0.5, 0.6) is 11.5 Å². The zero-order valence-corrected chi connectivity index (χ0v) is 16.1. The third kappa shape index (κ3) is 11.0. The molecule has 0 amide bonds. The summed E-state index contributed by atoms with van der Waals surface area (Å²) >= 11 is 0. The number of aromatic hydroxyl groups is 2. The molecule has 0 spiro atoms. The Kier molecular flexibility index (Phi) is 10.8. The molecule has 0 saturated carbocycles. The fraction of sp³-hybridized carbons (Fsp3) is 0.667. The Morgan fingerprint density at radius 1 is 0.923 bits per heavy atom. The number of benzene rings is 1. The van der Waals surface area contributed by atoms with Gasteiger partial charge in [-0.15, -0.1) is 0 Å². The van der Waals surface area contributed by atoms with Gasteiger partial charge < -0.3 is 20.1 Å². The van der Waals surface area contributed by atoms with Crippen molar-refractivity contribution in [1.29, 1.82) is 0 Å². The first-order valence-electron chi connectivity index (χ1n) is 9.74. The van der Waals surface area contributed by atoms with Crippen LogP contribution in [-0.2, 0) is 16.0 Å². The van der Waals surface area contributed by atoms with Crippen molar-refractivity contribution in [2.45, 2.75) is 90.3 Å². The van der Waals surface area contributed by atoms with Gasteiger partial charge in [0.1, 0.15) is 17.6 Å². The van der Waals surface area contributed by atoms with Gasteiger partial charge in [0, 0.05) is 19.4 Å². The highest BCUT2D eigenvalue weighted by atomic mass is 16.5. The zero-order chi connectivity index (χ0) is 19.4. The predicted octanol–water partition coefficient (Wildman–Crippen LogP) is 4.46. The van der Waals surface area contributed by atoms with Crippen LogP contribution in [0.25, 0.3) is 0 Å². The first-order chi connectivity index (χ1) is 12.4. The molecule has 0 unspecified atom stereocenters. The Balaban J connectivity index is 2.27. The van der Waals surface area contributed by atoms with Crippen LogP contribution in [0.1, 0.15) is 77.2 Å². The average molecular weight is 366 g/mol. The molecule has 1 rings (SSSR count). The van der Waals surface area contributed by atoms with Crippen LogP contribution in [0.3, 0.4) is 0 Å². The molecule has 0 bridgehead atoms. The third-order valence-electron chi connectivity index (χ3n) is 4.41. The van der Waals surface area contributed by atoms with Crippen LogP contribution >= 0.6 is 0 Å². The number of aliphatic hydroxyl groups excluding tert-OH is 1. The number of esters is 1. The predicted molar refractivity (Wildman–Crippen MR) is 102 cm³/mol. The molecule has 1 aromatic carbocycles. The van der Waals surface area contributed by atoms with Crippen molar-refractivity contribution in [3.63, 3.8) is 0 Å². The van der Waals surface area contributed by atoms with Crippen LogP contribution < -0.4 is 0 Å². The first-order valence-corrected chi connectivity index (χ1v) is 9.74. The number of carbonyl (C=O) groups is 1. The highest BCUT2D eigenvalue weighted by Gasteiger charge is 2.14. The van der Waals surface area contributed by atoms with Crippen molar-refractivity contribution in [3.05, 3.63) is 23.8 Å². The molecule has 0 saturated heterocycles. The van der Waals surface area contributed by atoms with E-state index >= 15 is 0 Å². The Bertz CT molecular complexity index is 507. The van der Waals surface area contributed by atoms with Gasteiger partial charge in [0.05, 0.1) is 6.10 Å². The summed E-state index contributed by atoms with van der Waals surface area (Å²) in [5, 5.41) is 28.4. The maximum atomic E-state index is 11.3. The van der Waals surface area contributed by atoms with Gasteiger partial charge in [-0.1, -0.05) is 38.5 Å². The zero-order valence-electron chi connectivity index (χ0n) is 16.1. The Hall–Kier alpha value is -1.75. The minimum Gasteiger partial charge on any atom is -0.508 e. The summed E-state index contributed by atoms with van der Waals surface area (Å²) in [6, 6.07) is 4.46. The summed E-state index contributed by atoms with van der Waals surface area (Å²) in [6.07, 6.45) is 9.60. The third-order valence-corrected chi connectivity index (χ3v) is 4.41. The molecule has 2 atom stereocenters. The largest absolute Gasteiger partial charge is 0.508 e. The van der Waals surface area contributed by atoms with Gasteiger partial charge in [0.15, 0.2) is 0 Å². The number of ether oxygens (including phenoxy) is 1. The fourth-order valence-corrected chi connectivity index (χ4v) is 3.17. The van der Waals surface area contributed by atoms with E-state index in [2.05, 4.69) is 0 Å². The second-order valence-electron chi connectivity index (χ2n) is 7.19. The van der Waals surface area contributed by atoms with Gasteiger partial charge in [-0.3, -0.25) is 4.79 Å². The van der Waals surface area contributed by atoms with Crippen molar-refractivity contribution in [2.75, 3.05) is 0 Å². The van der Waals surface area contributed by atoms with E-state index in [-0.39, 0.29) is 29.7 Å². The number of hydrogen-bond donors (Lipinski definition) is 3. The molecule has 0 heterocycles. The topological polar surface area (TPSA) is 87.0 Å². The molecule has 0 aliphatic carbocycles. The molecule has 0 aromatic heterocycles. The summed E-state index contributed by atoms with van der Waals surface area (Å²) in [5.74, 6) is -0.285. The number of phenols is 2. The standard InChI is InChI=1S/C21H34O5/c1-16(22)10-8-6-4-3-5-7-9-11-21(26-17(2)23)14-18-12-19(24)15-20(25)13-18/h12-13,15-16,21-22,24-25H,3-11,14H2,1-2H3/t16-,21+/m1/s1. The van der Waals surface area contributed by atoms with E-state index in [1.54, 1.807) is 12.1 Å². The molecule has 0 radical (unpaired) electrons. The lowest BCUT2D eigenvalue weighted by molar-refractivity contribution is -0.146. The van der Waals surface area contributed by atoms with Gasteiger partial charge in [-0.25, -0.2) is 0 Å². The van der Waals surface area contributed by atoms with E-state index in [0.29, 0.717) is 6.42 Å². The Morgan fingerprint density at radius 2 is 1.42 bits per heavy atom. The number of carbonyl (C=O) groups excluding carboxylic acids is 1. The highest BCUT2D eigenvalue weighted by molar-refractivity contribution is 5.66. The van der Waals surface area contributed by atoms with Gasteiger partial charge in [0.2, 0.25) is 0 Å². The van der Waals surface area contributed by atoms with Crippen molar-refractivity contribution in [1.82, 2.24) is 0 Å². The maximum Gasteiger partial charge on any atom is 0.302 e. The summed E-state index contributed by atoms with van der Waals surface area (Å²) in [5.41, 5.74) is 0.756. The first kappa shape index (κ1) is 22.3. The summed E-state index contributed by atoms with van der Waals surface area (Å²) in [7, 11) is 0. The minimum atomic E-state index is -0.308. The van der Waals surface area contributed by atoms with Crippen molar-refractivity contribution in [3.8, 4) is 11.5 Å². The van der Waals surface area contributed by atoms with Crippen molar-refractivity contribution in [2.24, 2.45) is 0 Å². The second-order valence-corrected chi connectivity index (χ2v) is 7.19. The van der Waals surface area contributed by atoms with Gasteiger partial charge >= 0.3 is 5.97 Å². The molecule has 148 valence electrons. The van der Waals surface area contributed by atoms with Crippen LogP contribution in [0.15, 0.2) is 18.2 Å². The van der Waals surface area contributed by atoms with E-state index in [1.165, 1.54) is 32.3 Å². The highest BCUT2D eigenvalue weighted by Crippen LogP contribution is 2.23. The Labute approximate surface area is 157 Å². The van der Waals surface area contributed by atoms with E-state index in [9.17, 15) is 20.1 Å². The smallest absolute Gasteiger partial charge is 0.302 e. The van der Waals surface area contributed by atoms with E-state index in [1.807, 2.05) is 6.92 Å². The van der Waals surface area contributed by atoms with Crippen molar-refractivity contribution >= 4 is 5.97 Å². The summed E-state index contributed by atoms with van der Waals surface area (Å²) in [6.45, 7) is 3.23. The quantitative estimate of drug-likeness (QED) is 0.354. The SMILES string of the molecule is CC(=O)O[C@@H](CCCCCCCCC[C@@H](C)O)Cc1cc(O)cc(O)c1. The number of hydrogen-bond acceptors (Lipinski definition) is 5. The molecule has 0 aliphatic heterocycles. The summed E-state index contributed by atoms with van der Waals surface area (Å²) < 4.78 is 5.39. The second kappa shape index (κ2) is 12.6. The number of rotatable bonds is 13. The maximum absolute atomic E-state index is 11.3. The number of aliphatic hydroxyl groups is 1. The molecule has 0 fully saturated rings. The Morgan fingerprint density at radius 3 is 1.92 bits per heavy atom. The van der Waals surface area contributed by atoms with E-state index < -0.39 is 0 Å². The van der Waals surface area contributed by atoms with E-state index in [4.69, 9.17) is 4.74 Å². The lowest BCUT2D eigenvalue weighted by Crippen LogP contribution is -2.19. The van der Waals surface area contributed by atoms with E-state index in [0.717, 1.165) is 44.1 Å². The van der Waals surface area contributed by atoms with Crippen molar-refractivity contribution < 1.29 is 24.9 Å². The molecular weight excluding hydrogens is 332 g/mol. The molecule has 3 N–H and O–H groups in total. The molecular formula is C21H34O5. The molecule has 26 heavy (non-hydrogen) atoms. The minimum absolute atomic E-state index is 0.0113. The lowest BCUT2D eigenvalue weighted by Gasteiger charge is -2.17. The molecule has 5 nitrogen and oxygen atoms in total. The lowest BCUT2D eigenvalue weighted by atomic mass is 10.0. The van der Waals surface area contributed by atoms with Crippen LogP contribution in [0, 0.1) is 0 Å².